The third-order valence-electron chi connectivity index (χ3n) is 4.25. The summed E-state index contributed by atoms with van der Waals surface area (Å²) >= 11 is 0. The number of esters is 1. The molecule has 0 aliphatic carbocycles. The minimum absolute atomic E-state index is 0.353. The first kappa shape index (κ1) is 17.5. The molecule has 1 heterocycles. The number of aromatic nitrogens is 1. The normalized spacial score (nSPS) is 10.6. The van der Waals surface area contributed by atoms with E-state index < -0.39 is 11.9 Å². The van der Waals surface area contributed by atoms with Gasteiger partial charge in [-0.15, -0.1) is 0 Å². The molecule has 6 heteroatoms. The van der Waals surface area contributed by atoms with Gasteiger partial charge in [0.1, 0.15) is 5.75 Å². The van der Waals surface area contributed by atoms with Gasteiger partial charge in [-0.2, -0.15) is 0 Å². The fourth-order valence-electron chi connectivity index (χ4n) is 2.67. The molecule has 0 unspecified atom stereocenters. The number of hydrogen-bond donors (Lipinski definition) is 2. The van der Waals surface area contributed by atoms with Gasteiger partial charge < -0.3 is 19.8 Å². The SMILES string of the molecule is COc1ccc(NC(=O)COC(=O)c2ccc3[nH]c(C)c(C)c3c2)cc1. The summed E-state index contributed by atoms with van der Waals surface area (Å²) in [6.45, 7) is 3.62. The van der Waals surface area contributed by atoms with Crippen LogP contribution in [0.3, 0.4) is 0 Å². The molecule has 0 fully saturated rings. The van der Waals surface area contributed by atoms with Gasteiger partial charge in [0.25, 0.3) is 5.91 Å². The van der Waals surface area contributed by atoms with Crippen LogP contribution in [-0.2, 0) is 9.53 Å². The molecule has 26 heavy (non-hydrogen) atoms. The molecule has 3 aromatic rings. The van der Waals surface area contributed by atoms with Crippen LogP contribution in [0.1, 0.15) is 21.6 Å². The average molecular weight is 352 g/mol. The van der Waals surface area contributed by atoms with Crippen molar-refractivity contribution in [3.8, 4) is 5.75 Å². The second-order valence-corrected chi connectivity index (χ2v) is 5.99. The first-order valence-corrected chi connectivity index (χ1v) is 8.18. The Labute approximate surface area is 151 Å². The maximum atomic E-state index is 12.2. The first-order valence-electron chi connectivity index (χ1n) is 8.18. The largest absolute Gasteiger partial charge is 0.497 e. The Morgan fingerprint density at radius 3 is 2.50 bits per heavy atom. The van der Waals surface area contributed by atoms with Crippen LogP contribution >= 0.6 is 0 Å². The lowest BCUT2D eigenvalue weighted by molar-refractivity contribution is -0.119. The second-order valence-electron chi connectivity index (χ2n) is 5.99. The molecule has 134 valence electrons. The van der Waals surface area contributed by atoms with Crippen LogP contribution in [0.4, 0.5) is 5.69 Å². The molecule has 2 N–H and O–H groups in total. The molecule has 0 saturated heterocycles. The summed E-state index contributed by atoms with van der Waals surface area (Å²) in [5, 5.41) is 3.64. The van der Waals surface area contributed by atoms with E-state index in [4.69, 9.17) is 9.47 Å². The highest BCUT2D eigenvalue weighted by atomic mass is 16.5. The van der Waals surface area contributed by atoms with Crippen LogP contribution in [0.2, 0.25) is 0 Å². The molecule has 0 aliphatic heterocycles. The van der Waals surface area contributed by atoms with Crippen molar-refractivity contribution in [3.05, 3.63) is 59.3 Å². The summed E-state index contributed by atoms with van der Waals surface area (Å²) in [7, 11) is 1.57. The van der Waals surface area contributed by atoms with Gasteiger partial charge >= 0.3 is 5.97 Å². The van der Waals surface area contributed by atoms with Crippen LogP contribution in [0.5, 0.6) is 5.75 Å². The Morgan fingerprint density at radius 1 is 1.08 bits per heavy atom. The van der Waals surface area contributed by atoms with E-state index in [-0.39, 0.29) is 6.61 Å². The van der Waals surface area contributed by atoms with Gasteiger partial charge in [-0.05, 0) is 61.9 Å². The molecular weight excluding hydrogens is 332 g/mol. The van der Waals surface area contributed by atoms with E-state index in [0.29, 0.717) is 17.0 Å². The quantitative estimate of drug-likeness (QED) is 0.688. The molecule has 0 atom stereocenters. The van der Waals surface area contributed by atoms with Gasteiger partial charge in [-0.3, -0.25) is 4.79 Å². The standard InChI is InChI=1S/C20H20N2O4/c1-12-13(2)21-18-9-4-14(10-17(12)18)20(24)26-11-19(23)22-15-5-7-16(25-3)8-6-15/h4-10,21H,11H2,1-3H3,(H,22,23). The first-order chi connectivity index (χ1) is 12.5. The molecular formula is C20H20N2O4. The van der Waals surface area contributed by atoms with Crippen molar-refractivity contribution in [3.63, 3.8) is 0 Å². The third kappa shape index (κ3) is 3.69. The molecule has 0 bridgehead atoms. The molecule has 0 saturated carbocycles. The van der Waals surface area contributed by atoms with E-state index in [0.717, 1.165) is 22.2 Å². The van der Waals surface area contributed by atoms with E-state index in [9.17, 15) is 9.59 Å². The zero-order valence-electron chi connectivity index (χ0n) is 14.9. The fourth-order valence-corrected chi connectivity index (χ4v) is 2.67. The van der Waals surface area contributed by atoms with Gasteiger partial charge in [0.05, 0.1) is 12.7 Å². The zero-order valence-corrected chi connectivity index (χ0v) is 14.9. The molecule has 6 nitrogen and oxygen atoms in total. The predicted octanol–water partition coefficient (Wildman–Crippen LogP) is 3.59. The number of amides is 1. The number of aryl methyl sites for hydroxylation is 2. The molecule has 0 spiro atoms. The Kier molecular flexibility index (Phi) is 4.93. The van der Waals surface area contributed by atoms with E-state index in [1.165, 1.54) is 0 Å². The number of aromatic amines is 1. The second kappa shape index (κ2) is 7.31. The molecule has 2 aromatic carbocycles. The minimum Gasteiger partial charge on any atom is -0.497 e. The fraction of sp³-hybridized carbons (Fsp3) is 0.200. The summed E-state index contributed by atoms with van der Waals surface area (Å²) in [4.78, 5) is 27.4. The van der Waals surface area contributed by atoms with Crippen LogP contribution in [0.15, 0.2) is 42.5 Å². The number of carbonyl (C=O) groups excluding carboxylic acids is 2. The molecule has 0 radical (unpaired) electrons. The summed E-state index contributed by atoms with van der Waals surface area (Å²) in [5.41, 5.74) is 4.13. The van der Waals surface area contributed by atoms with Crippen LogP contribution in [0.25, 0.3) is 10.9 Å². The van der Waals surface area contributed by atoms with E-state index in [2.05, 4.69) is 10.3 Å². The Hall–Kier alpha value is -3.28. The lowest BCUT2D eigenvalue weighted by Crippen LogP contribution is -2.20. The van der Waals surface area contributed by atoms with Gasteiger partial charge in [0.2, 0.25) is 0 Å². The van der Waals surface area contributed by atoms with Gasteiger partial charge in [0, 0.05) is 22.3 Å². The van der Waals surface area contributed by atoms with Crippen molar-refractivity contribution >= 4 is 28.5 Å². The smallest absolute Gasteiger partial charge is 0.338 e. The average Bonchev–Trinajstić information content (AvgIpc) is 2.94. The number of nitrogens with one attached hydrogen (secondary N) is 2. The zero-order chi connectivity index (χ0) is 18.7. The van der Waals surface area contributed by atoms with Gasteiger partial charge in [0.15, 0.2) is 6.61 Å². The summed E-state index contributed by atoms with van der Waals surface area (Å²) in [5.74, 6) is -0.242. The maximum Gasteiger partial charge on any atom is 0.338 e. The van der Waals surface area contributed by atoms with E-state index >= 15 is 0 Å². The number of hydrogen-bond acceptors (Lipinski definition) is 4. The number of rotatable bonds is 5. The Bertz CT molecular complexity index is 958. The van der Waals surface area contributed by atoms with Crippen molar-refractivity contribution in [2.75, 3.05) is 19.0 Å². The van der Waals surface area contributed by atoms with Crippen molar-refractivity contribution in [1.82, 2.24) is 4.98 Å². The lowest BCUT2D eigenvalue weighted by atomic mass is 10.1. The van der Waals surface area contributed by atoms with Gasteiger partial charge in [-0.25, -0.2) is 4.79 Å². The summed E-state index contributed by atoms with van der Waals surface area (Å²) in [6.07, 6.45) is 0. The predicted molar refractivity (Wildman–Crippen MR) is 99.7 cm³/mol. The van der Waals surface area contributed by atoms with Crippen LogP contribution in [-0.4, -0.2) is 30.6 Å². The van der Waals surface area contributed by atoms with E-state index in [1.807, 2.05) is 19.9 Å². The number of carbonyl (C=O) groups is 2. The lowest BCUT2D eigenvalue weighted by Gasteiger charge is -2.07. The number of ether oxygens (including phenoxy) is 2. The third-order valence-corrected chi connectivity index (χ3v) is 4.25. The van der Waals surface area contributed by atoms with Crippen molar-refractivity contribution in [1.29, 1.82) is 0 Å². The number of anilines is 1. The van der Waals surface area contributed by atoms with Crippen LogP contribution in [0, 0.1) is 13.8 Å². The van der Waals surface area contributed by atoms with Gasteiger partial charge in [-0.1, -0.05) is 0 Å². The minimum atomic E-state index is -0.532. The van der Waals surface area contributed by atoms with Crippen molar-refractivity contribution < 1.29 is 19.1 Å². The molecule has 0 aliphatic rings. The highest BCUT2D eigenvalue weighted by Gasteiger charge is 2.13. The molecule has 1 aromatic heterocycles. The molecule has 3 rings (SSSR count). The van der Waals surface area contributed by atoms with E-state index in [1.54, 1.807) is 43.5 Å². The maximum absolute atomic E-state index is 12.2. The van der Waals surface area contributed by atoms with Crippen molar-refractivity contribution in [2.24, 2.45) is 0 Å². The Morgan fingerprint density at radius 2 is 1.81 bits per heavy atom. The molecule has 1 amide bonds. The van der Waals surface area contributed by atoms with Crippen molar-refractivity contribution in [2.45, 2.75) is 13.8 Å². The number of benzene rings is 2. The monoisotopic (exact) mass is 352 g/mol. The number of fused-ring (bicyclic) bond motifs is 1. The van der Waals surface area contributed by atoms with Crippen LogP contribution < -0.4 is 10.1 Å². The Balaban J connectivity index is 1.60. The number of H-pyrrole nitrogens is 1. The topological polar surface area (TPSA) is 80.4 Å². The summed E-state index contributed by atoms with van der Waals surface area (Å²) < 4.78 is 10.2. The highest BCUT2D eigenvalue weighted by molar-refractivity contribution is 5.98. The highest BCUT2D eigenvalue weighted by Crippen LogP contribution is 2.22. The summed E-state index contributed by atoms with van der Waals surface area (Å²) in [6, 6.07) is 12.2. The number of methoxy groups -OCH3 is 1.